The Morgan fingerprint density at radius 1 is 1.39 bits per heavy atom. The lowest BCUT2D eigenvalue weighted by Gasteiger charge is -2.16. The topological polar surface area (TPSA) is 55.4 Å². The molecule has 0 radical (unpaired) electrons. The van der Waals surface area contributed by atoms with Crippen LogP contribution in [0.2, 0.25) is 5.02 Å². The third-order valence-electron chi connectivity index (χ3n) is 3.75. The highest BCUT2D eigenvalue weighted by Gasteiger charge is 2.22. The van der Waals surface area contributed by atoms with Gasteiger partial charge in [-0.05, 0) is 38.0 Å². The molecule has 0 unspecified atom stereocenters. The van der Waals surface area contributed by atoms with Gasteiger partial charge in [-0.1, -0.05) is 30.5 Å². The molecule has 0 aliphatic heterocycles. The van der Waals surface area contributed by atoms with Crippen LogP contribution in [-0.4, -0.2) is 24.0 Å². The second kappa shape index (κ2) is 8.11. The summed E-state index contributed by atoms with van der Waals surface area (Å²) >= 11 is 5.86. The zero-order valence-corrected chi connectivity index (χ0v) is 13.6. The lowest BCUT2D eigenvalue weighted by molar-refractivity contribution is -0.150. The maximum absolute atomic E-state index is 13.6. The zero-order valence-electron chi connectivity index (χ0n) is 12.9. The SMILES string of the molecule is C[C@@H](OC(=O)/C=C/c1c(F)cccc1Cl)C(=O)NC1CCCC1. The van der Waals surface area contributed by atoms with E-state index in [4.69, 9.17) is 16.3 Å². The monoisotopic (exact) mass is 339 g/mol. The van der Waals surface area contributed by atoms with Gasteiger partial charge in [-0.15, -0.1) is 0 Å². The highest BCUT2D eigenvalue weighted by molar-refractivity contribution is 6.32. The number of esters is 1. The average Bonchev–Trinajstić information content (AvgIpc) is 2.99. The summed E-state index contributed by atoms with van der Waals surface area (Å²) < 4.78 is 18.6. The smallest absolute Gasteiger partial charge is 0.331 e. The van der Waals surface area contributed by atoms with Crippen LogP contribution in [0.25, 0.3) is 6.08 Å². The number of carbonyl (C=O) groups excluding carboxylic acids is 2. The summed E-state index contributed by atoms with van der Waals surface area (Å²) in [5.74, 6) is -1.57. The molecule has 1 atom stereocenters. The predicted octanol–water partition coefficient (Wildman–Crippen LogP) is 3.48. The summed E-state index contributed by atoms with van der Waals surface area (Å²) in [6, 6.07) is 4.40. The first-order valence-corrected chi connectivity index (χ1v) is 7.98. The van der Waals surface area contributed by atoms with Crippen LogP contribution in [-0.2, 0) is 14.3 Å². The summed E-state index contributed by atoms with van der Waals surface area (Å²) in [7, 11) is 0. The molecule has 124 valence electrons. The first-order chi connectivity index (χ1) is 11.0. The molecule has 0 heterocycles. The molecule has 2 rings (SSSR count). The average molecular weight is 340 g/mol. The third-order valence-corrected chi connectivity index (χ3v) is 4.08. The maximum atomic E-state index is 13.6. The highest BCUT2D eigenvalue weighted by Crippen LogP contribution is 2.20. The molecule has 0 spiro atoms. The number of halogens is 2. The van der Waals surface area contributed by atoms with Crippen molar-refractivity contribution < 1.29 is 18.7 Å². The van der Waals surface area contributed by atoms with Gasteiger partial charge < -0.3 is 10.1 Å². The number of amides is 1. The van der Waals surface area contributed by atoms with E-state index in [1.807, 2.05) is 0 Å². The first-order valence-electron chi connectivity index (χ1n) is 7.60. The van der Waals surface area contributed by atoms with Crippen LogP contribution in [0.5, 0.6) is 0 Å². The number of carbonyl (C=O) groups is 2. The zero-order chi connectivity index (χ0) is 16.8. The fourth-order valence-corrected chi connectivity index (χ4v) is 2.70. The minimum absolute atomic E-state index is 0.106. The van der Waals surface area contributed by atoms with Crippen molar-refractivity contribution in [2.45, 2.75) is 44.8 Å². The van der Waals surface area contributed by atoms with Gasteiger partial charge in [0.1, 0.15) is 5.82 Å². The number of benzene rings is 1. The summed E-state index contributed by atoms with van der Waals surface area (Å²) in [6.07, 6.45) is 5.52. The number of ether oxygens (including phenoxy) is 1. The summed E-state index contributed by atoms with van der Waals surface area (Å²) in [6.45, 7) is 1.51. The maximum Gasteiger partial charge on any atom is 0.331 e. The van der Waals surface area contributed by atoms with Crippen molar-refractivity contribution in [3.8, 4) is 0 Å². The lowest BCUT2D eigenvalue weighted by atomic mass is 10.2. The number of nitrogens with one attached hydrogen (secondary N) is 1. The van der Waals surface area contributed by atoms with Gasteiger partial charge in [0.05, 0.1) is 5.02 Å². The van der Waals surface area contributed by atoms with Crippen LogP contribution < -0.4 is 5.32 Å². The number of hydrogen-bond acceptors (Lipinski definition) is 3. The molecular formula is C17H19ClFNO3. The van der Waals surface area contributed by atoms with Crippen LogP contribution in [0.15, 0.2) is 24.3 Å². The van der Waals surface area contributed by atoms with Crippen molar-refractivity contribution in [2.24, 2.45) is 0 Å². The fraction of sp³-hybridized carbons (Fsp3) is 0.412. The molecule has 1 aliphatic carbocycles. The van der Waals surface area contributed by atoms with Crippen molar-refractivity contribution >= 4 is 29.6 Å². The van der Waals surface area contributed by atoms with Gasteiger partial charge in [0.25, 0.3) is 5.91 Å². The van der Waals surface area contributed by atoms with Crippen LogP contribution in [0.4, 0.5) is 4.39 Å². The van der Waals surface area contributed by atoms with E-state index in [2.05, 4.69) is 5.32 Å². The Kier molecular flexibility index (Phi) is 6.16. The van der Waals surface area contributed by atoms with Gasteiger partial charge in [0.2, 0.25) is 0 Å². The summed E-state index contributed by atoms with van der Waals surface area (Å²) in [4.78, 5) is 23.7. The van der Waals surface area contributed by atoms with Gasteiger partial charge in [0.15, 0.2) is 6.10 Å². The summed E-state index contributed by atoms with van der Waals surface area (Å²) in [5.41, 5.74) is 0.106. The molecule has 1 fully saturated rings. The van der Waals surface area contributed by atoms with E-state index in [9.17, 15) is 14.0 Å². The molecule has 0 saturated heterocycles. The molecule has 1 aliphatic rings. The normalized spacial score (nSPS) is 16.5. The minimum atomic E-state index is -0.899. The van der Waals surface area contributed by atoms with E-state index in [1.165, 1.54) is 31.2 Å². The Labute approximate surface area is 139 Å². The van der Waals surface area contributed by atoms with Gasteiger partial charge in [-0.25, -0.2) is 9.18 Å². The fourth-order valence-electron chi connectivity index (χ4n) is 2.48. The van der Waals surface area contributed by atoms with E-state index in [-0.39, 0.29) is 22.5 Å². The molecule has 4 nitrogen and oxygen atoms in total. The van der Waals surface area contributed by atoms with Gasteiger partial charge in [-0.2, -0.15) is 0 Å². The van der Waals surface area contributed by atoms with E-state index in [1.54, 1.807) is 0 Å². The van der Waals surface area contributed by atoms with Crippen LogP contribution >= 0.6 is 11.6 Å². The molecule has 1 amide bonds. The van der Waals surface area contributed by atoms with Crippen molar-refractivity contribution in [1.82, 2.24) is 5.32 Å². The Hall–Kier alpha value is -1.88. The Morgan fingerprint density at radius 3 is 2.74 bits per heavy atom. The molecule has 6 heteroatoms. The molecule has 1 saturated carbocycles. The third kappa shape index (κ3) is 5.06. The number of hydrogen-bond donors (Lipinski definition) is 1. The van der Waals surface area contributed by atoms with Crippen LogP contribution in [0.1, 0.15) is 38.2 Å². The summed E-state index contributed by atoms with van der Waals surface area (Å²) in [5, 5.41) is 3.05. The molecule has 23 heavy (non-hydrogen) atoms. The lowest BCUT2D eigenvalue weighted by Crippen LogP contribution is -2.40. The highest BCUT2D eigenvalue weighted by atomic mass is 35.5. The Balaban J connectivity index is 1.88. The van der Waals surface area contributed by atoms with Gasteiger partial charge in [-0.3, -0.25) is 4.79 Å². The quantitative estimate of drug-likeness (QED) is 0.660. The van der Waals surface area contributed by atoms with Crippen LogP contribution in [0, 0.1) is 5.82 Å². The first kappa shape index (κ1) is 17.5. The standard InChI is InChI=1S/C17H19ClFNO3/c1-11(17(22)20-12-5-2-3-6-12)23-16(21)10-9-13-14(18)7-4-8-15(13)19/h4,7-12H,2-3,5-6H2,1H3,(H,20,22)/b10-9+/t11-/m1/s1. The molecule has 1 aromatic rings. The van der Waals surface area contributed by atoms with Crippen molar-refractivity contribution in [2.75, 3.05) is 0 Å². The second-order valence-corrected chi connectivity index (χ2v) is 5.94. The van der Waals surface area contributed by atoms with Crippen molar-refractivity contribution in [3.63, 3.8) is 0 Å². The van der Waals surface area contributed by atoms with Crippen LogP contribution in [0.3, 0.4) is 0 Å². The molecule has 1 N–H and O–H groups in total. The van der Waals surface area contributed by atoms with Gasteiger partial charge in [0, 0.05) is 17.7 Å². The van der Waals surface area contributed by atoms with E-state index in [0.717, 1.165) is 31.8 Å². The second-order valence-electron chi connectivity index (χ2n) is 5.54. The minimum Gasteiger partial charge on any atom is -0.449 e. The predicted molar refractivity (Wildman–Crippen MR) is 86.4 cm³/mol. The van der Waals surface area contributed by atoms with Crippen molar-refractivity contribution in [1.29, 1.82) is 0 Å². The molecule has 0 aromatic heterocycles. The molecular weight excluding hydrogens is 321 g/mol. The molecule has 0 bridgehead atoms. The van der Waals surface area contributed by atoms with E-state index in [0.29, 0.717) is 0 Å². The number of rotatable bonds is 5. The van der Waals surface area contributed by atoms with E-state index >= 15 is 0 Å². The Morgan fingerprint density at radius 2 is 2.09 bits per heavy atom. The Bertz CT molecular complexity index is 592. The van der Waals surface area contributed by atoms with Gasteiger partial charge >= 0.3 is 5.97 Å². The van der Waals surface area contributed by atoms with Crippen molar-refractivity contribution in [3.05, 3.63) is 40.7 Å². The molecule has 1 aromatic carbocycles. The van der Waals surface area contributed by atoms with E-state index < -0.39 is 17.9 Å². The largest absolute Gasteiger partial charge is 0.449 e.